The number of carbonyl (C=O) groups excluding carboxylic acids is 1. The molecule has 0 amide bonds. The average molecular weight is 290 g/mol. The van der Waals surface area contributed by atoms with Crippen LogP contribution in [0.5, 0.6) is 0 Å². The highest BCUT2D eigenvalue weighted by Gasteiger charge is 2.24. The number of aliphatic imine (C=N–C) groups is 1. The Bertz CT molecular complexity index is 689. The van der Waals surface area contributed by atoms with Gasteiger partial charge in [0.1, 0.15) is 0 Å². The van der Waals surface area contributed by atoms with E-state index in [1.165, 1.54) is 11.3 Å². The fourth-order valence-electron chi connectivity index (χ4n) is 1.67. The van der Waals surface area contributed by atoms with Crippen molar-refractivity contribution in [1.82, 2.24) is 0 Å². The van der Waals surface area contributed by atoms with Crippen molar-refractivity contribution < 1.29 is 9.53 Å². The summed E-state index contributed by atoms with van der Waals surface area (Å²) >= 11 is 7.37. The lowest BCUT2D eigenvalue weighted by molar-refractivity contribution is -0.129. The first-order valence-electron chi connectivity index (χ1n) is 5.54. The molecule has 0 bridgehead atoms. The van der Waals surface area contributed by atoms with Gasteiger partial charge in [-0.1, -0.05) is 29.8 Å². The summed E-state index contributed by atoms with van der Waals surface area (Å²) in [5, 5.41) is 2.52. The Balaban J connectivity index is 1.95. The van der Waals surface area contributed by atoms with Crippen LogP contribution in [-0.2, 0) is 9.53 Å². The topological polar surface area (TPSA) is 38.7 Å². The molecule has 0 atom stereocenters. The van der Waals surface area contributed by atoms with E-state index in [9.17, 15) is 4.79 Å². The minimum absolute atomic E-state index is 0.283. The highest BCUT2D eigenvalue weighted by molar-refractivity contribution is 7.12. The zero-order valence-electron chi connectivity index (χ0n) is 9.67. The third kappa shape index (κ3) is 2.59. The highest BCUT2D eigenvalue weighted by atomic mass is 35.5. The first-order chi connectivity index (χ1) is 9.22. The van der Waals surface area contributed by atoms with Gasteiger partial charge in [0.25, 0.3) is 0 Å². The molecular weight excluding hydrogens is 282 g/mol. The van der Waals surface area contributed by atoms with Crippen molar-refractivity contribution in [2.24, 2.45) is 4.99 Å². The van der Waals surface area contributed by atoms with Gasteiger partial charge in [-0.3, -0.25) is 0 Å². The van der Waals surface area contributed by atoms with Crippen molar-refractivity contribution in [3.8, 4) is 0 Å². The molecule has 3 rings (SSSR count). The summed E-state index contributed by atoms with van der Waals surface area (Å²) in [7, 11) is 0. The van der Waals surface area contributed by atoms with Gasteiger partial charge in [-0.05, 0) is 35.2 Å². The third-order valence-corrected chi connectivity index (χ3v) is 3.60. The van der Waals surface area contributed by atoms with Crippen LogP contribution in [0.2, 0.25) is 5.02 Å². The molecule has 1 aliphatic heterocycles. The number of thiophene rings is 1. The summed E-state index contributed by atoms with van der Waals surface area (Å²) < 4.78 is 5.14. The van der Waals surface area contributed by atoms with Crippen LogP contribution in [0.15, 0.2) is 52.5 Å². The van der Waals surface area contributed by atoms with Gasteiger partial charge in [-0.2, -0.15) is 0 Å². The summed E-state index contributed by atoms with van der Waals surface area (Å²) in [6, 6.07) is 11.0. The van der Waals surface area contributed by atoms with E-state index in [4.69, 9.17) is 16.3 Å². The number of benzene rings is 1. The predicted octanol–water partition coefficient (Wildman–Crippen LogP) is 3.75. The molecule has 19 heavy (non-hydrogen) atoms. The fourth-order valence-corrected chi connectivity index (χ4v) is 2.52. The van der Waals surface area contributed by atoms with Crippen molar-refractivity contribution in [2.75, 3.05) is 0 Å². The quantitative estimate of drug-likeness (QED) is 0.624. The summed E-state index contributed by atoms with van der Waals surface area (Å²) in [4.78, 5) is 16.8. The van der Waals surface area contributed by atoms with Crippen molar-refractivity contribution in [2.45, 2.75) is 0 Å². The summed E-state index contributed by atoms with van der Waals surface area (Å²) in [6.07, 6.45) is 1.66. The van der Waals surface area contributed by atoms with Crippen LogP contribution in [0.4, 0.5) is 0 Å². The number of hydrogen-bond acceptors (Lipinski definition) is 4. The molecule has 0 unspecified atom stereocenters. The molecule has 3 nitrogen and oxygen atoms in total. The number of halogens is 1. The van der Waals surface area contributed by atoms with Crippen LogP contribution >= 0.6 is 22.9 Å². The molecule has 1 aromatic carbocycles. The van der Waals surface area contributed by atoms with E-state index in [-0.39, 0.29) is 5.70 Å². The van der Waals surface area contributed by atoms with Gasteiger partial charge in [-0.15, -0.1) is 11.3 Å². The van der Waals surface area contributed by atoms with Crippen LogP contribution in [0.1, 0.15) is 10.4 Å². The molecule has 94 valence electrons. The highest BCUT2D eigenvalue weighted by Crippen LogP contribution is 2.22. The lowest BCUT2D eigenvalue weighted by Gasteiger charge is -1.94. The molecule has 0 saturated carbocycles. The maximum atomic E-state index is 11.7. The number of hydrogen-bond donors (Lipinski definition) is 0. The van der Waals surface area contributed by atoms with E-state index in [1.807, 2.05) is 29.6 Å². The lowest BCUT2D eigenvalue weighted by atomic mass is 10.2. The second-order valence-electron chi connectivity index (χ2n) is 3.87. The largest absolute Gasteiger partial charge is 0.401 e. The molecule has 0 radical (unpaired) electrons. The number of nitrogens with zero attached hydrogens (tertiary/aromatic N) is 1. The first-order valence-corrected chi connectivity index (χ1v) is 6.80. The molecule has 0 N–H and O–H groups in total. The normalized spacial score (nSPS) is 16.6. The Morgan fingerprint density at radius 3 is 2.89 bits per heavy atom. The number of esters is 1. The van der Waals surface area contributed by atoms with Crippen LogP contribution in [0.25, 0.3) is 6.08 Å². The van der Waals surface area contributed by atoms with Crippen LogP contribution in [0.3, 0.4) is 0 Å². The van der Waals surface area contributed by atoms with E-state index >= 15 is 0 Å². The summed E-state index contributed by atoms with van der Waals surface area (Å²) in [6.45, 7) is 0. The van der Waals surface area contributed by atoms with E-state index in [2.05, 4.69) is 4.99 Å². The molecule has 5 heteroatoms. The van der Waals surface area contributed by atoms with Crippen LogP contribution in [-0.4, -0.2) is 11.9 Å². The molecular formula is C14H8ClNO2S. The first kappa shape index (κ1) is 12.1. The monoisotopic (exact) mass is 289 g/mol. The number of rotatable bonds is 2. The molecule has 1 aliphatic rings. The van der Waals surface area contributed by atoms with Crippen molar-refractivity contribution in [3.05, 3.63) is 62.9 Å². The molecule has 1 aromatic heterocycles. The van der Waals surface area contributed by atoms with Gasteiger partial charge < -0.3 is 4.74 Å². The number of carbonyl (C=O) groups is 1. The van der Waals surface area contributed by atoms with E-state index in [0.29, 0.717) is 10.9 Å². The molecule has 0 fully saturated rings. The molecule has 0 saturated heterocycles. The number of ether oxygens (including phenoxy) is 1. The summed E-state index contributed by atoms with van der Waals surface area (Å²) in [5.74, 6) is -0.0864. The Morgan fingerprint density at radius 1 is 1.26 bits per heavy atom. The van der Waals surface area contributed by atoms with Gasteiger partial charge in [0.15, 0.2) is 5.70 Å². The second kappa shape index (κ2) is 4.99. The van der Waals surface area contributed by atoms with Crippen LogP contribution < -0.4 is 0 Å². The Labute approximate surface area is 118 Å². The van der Waals surface area contributed by atoms with E-state index < -0.39 is 5.97 Å². The average Bonchev–Trinajstić information content (AvgIpc) is 3.00. The molecule has 0 aliphatic carbocycles. The molecule has 0 spiro atoms. The van der Waals surface area contributed by atoms with Crippen molar-refractivity contribution in [1.29, 1.82) is 0 Å². The van der Waals surface area contributed by atoms with Crippen molar-refractivity contribution >= 4 is 40.9 Å². The fraction of sp³-hybridized carbons (Fsp3) is 0. The Hall–Kier alpha value is -1.91. The predicted molar refractivity (Wildman–Crippen MR) is 76.4 cm³/mol. The lowest BCUT2D eigenvalue weighted by Crippen LogP contribution is -2.03. The Morgan fingerprint density at radius 2 is 2.16 bits per heavy atom. The molecule has 2 heterocycles. The Kier molecular flexibility index (Phi) is 3.19. The molecule has 2 aromatic rings. The minimum Gasteiger partial charge on any atom is -0.401 e. The van der Waals surface area contributed by atoms with E-state index in [1.54, 1.807) is 18.2 Å². The van der Waals surface area contributed by atoms with Crippen LogP contribution in [0, 0.1) is 0 Å². The minimum atomic E-state index is -0.441. The maximum absolute atomic E-state index is 11.7. The van der Waals surface area contributed by atoms with Crippen molar-refractivity contribution in [3.63, 3.8) is 0 Å². The smallest absolute Gasteiger partial charge is 0.363 e. The van der Waals surface area contributed by atoms with E-state index in [0.717, 1.165) is 10.4 Å². The van der Waals surface area contributed by atoms with Gasteiger partial charge >= 0.3 is 5.97 Å². The number of cyclic esters (lactones) is 1. The van der Waals surface area contributed by atoms with Gasteiger partial charge in [-0.25, -0.2) is 9.79 Å². The maximum Gasteiger partial charge on any atom is 0.363 e. The standard InChI is InChI=1S/C14H8ClNO2S/c15-10-4-1-3-9(7-10)8-11-14(17)18-13(16-11)12-5-2-6-19-12/h1-8H/b11-8+. The second-order valence-corrected chi connectivity index (χ2v) is 5.25. The zero-order chi connectivity index (χ0) is 13.2. The third-order valence-electron chi connectivity index (χ3n) is 2.50. The zero-order valence-corrected chi connectivity index (χ0v) is 11.2. The SMILES string of the molecule is O=C1OC(c2cccs2)=N/C1=C/c1cccc(Cl)c1. The van der Waals surface area contributed by atoms with Gasteiger partial charge in [0.05, 0.1) is 4.88 Å². The summed E-state index contributed by atoms with van der Waals surface area (Å²) in [5.41, 5.74) is 1.10. The van der Waals surface area contributed by atoms with Gasteiger partial charge in [0.2, 0.25) is 5.90 Å². The van der Waals surface area contributed by atoms with Gasteiger partial charge in [0, 0.05) is 5.02 Å².